The summed E-state index contributed by atoms with van der Waals surface area (Å²) >= 11 is 0. The van der Waals surface area contributed by atoms with Crippen LogP contribution in [0.25, 0.3) is 0 Å². The Kier molecular flexibility index (Phi) is 38.2. The molecule has 0 saturated heterocycles. The summed E-state index contributed by atoms with van der Waals surface area (Å²) in [6, 6.07) is 0. The standard InChI is InChI=1S/C49H97N2/c1-4-7-10-13-16-18-20-22-24-26-28-30-32-34-36-38-41-44-49-50(45-42-39-15-12-9-6-3)47-48-51(49)46-43-40-37-35-33-31-29-27-25-23-21-19-17-14-11-8-5-2/h47-48H,4-46H2,1-3H3/q+1. The second-order valence-corrected chi connectivity index (χ2v) is 16.9. The van der Waals surface area contributed by atoms with Crippen molar-refractivity contribution in [3.05, 3.63) is 18.2 Å². The maximum Gasteiger partial charge on any atom is 0.256 e. The highest BCUT2D eigenvalue weighted by molar-refractivity contribution is 4.84. The van der Waals surface area contributed by atoms with E-state index in [9.17, 15) is 0 Å². The molecule has 0 amide bonds. The van der Waals surface area contributed by atoms with Crippen LogP contribution < -0.4 is 4.57 Å². The van der Waals surface area contributed by atoms with Gasteiger partial charge in [0.15, 0.2) is 0 Å². The number of hydrogen-bond donors (Lipinski definition) is 0. The van der Waals surface area contributed by atoms with Gasteiger partial charge in [0.05, 0.1) is 13.1 Å². The highest BCUT2D eigenvalue weighted by Crippen LogP contribution is 2.17. The van der Waals surface area contributed by atoms with Gasteiger partial charge in [-0.25, -0.2) is 9.13 Å². The van der Waals surface area contributed by atoms with Crippen molar-refractivity contribution in [3.8, 4) is 0 Å². The lowest BCUT2D eigenvalue weighted by Crippen LogP contribution is -2.37. The van der Waals surface area contributed by atoms with E-state index in [1.54, 1.807) is 5.82 Å². The van der Waals surface area contributed by atoms with Crippen LogP contribution in [0.4, 0.5) is 0 Å². The van der Waals surface area contributed by atoms with Gasteiger partial charge in [0, 0.05) is 6.42 Å². The molecule has 0 radical (unpaired) electrons. The van der Waals surface area contributed by atoms with Gasteiger partial charge in [-0.3, -0.25) is 0 Å². The quantitative estimate of drug-likeness (QED) is 0.0471. The van der Waals surface area contributed by atoms with Crippen molar-refractivity contribution in [3.63, 3.8) is 0 Å². The van der Waals surface area contributed by atoms with E-state index in [1.165, 1.54) is 276 Å². The maximum absolute atomic E-state index is 2.65. The van der Waals surface area contributed by atoms with Crippen LogP contribution in [0, 0.1) is 0 Å². The second kappa shape index (κ2) is 40.4. The summed E-state index contributed by atoms with van der Waals surface area (Å²) in [7, 11) is 0. The van der Waals surface area contributed by atoms with Gasteiger partial charge in [-0.2, -0.15) is 0 Å². The molecule has 0 unspecified atom stereocenters. The minimum atomic E-state index is 1.23. The van der Waals surface area contributed by atoms with Crippen LogP contribution in [-0.4, -0.2) is 4.57 Å². The number of hydrogen-bond acceptors (Lipinski definition) is 0. The Balaban J connectivity index is 2.15. The largest absolute Gasteiger partial charge is 0.256 e. The van der Waals surface area contributed by atoms with Gasteiger partial charge in [0.1, 0.15) is 12.4 Å². The molecule has 1 aromatic heterocycles. The third kappa shape index (κ3) is 32.4. The van der Waals surface area contributed by atoms with E-state index in [0.717, 1.165) is 0 Å². The van der Waals surface area contributed by atoms with Crippen LogP contribution in [0.3, 0.4) is 0 Å². The third-order valence-electron chi connectivity index (χ3n) is 11.8. The van der Waals surface area contributed by atoms with Crippen LogP contribution in [0.15, 0.2) is 12.4 Å². The zero-order valence-corrected chi connectivity index (χ0v) is 36.0. The van der Waals surface area contributed by atoms with E-state index in [2.05, 4.69) is 42.3 Å². The fourth-order valence-corrected chi connectivity index (χ4v) is 8.27. The molecule has 1 rings (SSSR count). The van der Waals surface area contributed by atoms with Gasteiger partial charge in [0.25, 0.3) is 5.82 Å². The Morgan fingerprint density at radius 1 is 0.333 bits per heavy atom. The molecule has 1 aromatic rings. The van der Waals surface area contributed by atoms with Crippen molar-refractivity contribution in [1.29, 1.82) is 0 Å². The first kappa shape index (κ1) is 48.2. The van der Waals surface area contributed by atoms with Crippen molar-refractivity contribution in [2.45, 2.75) is 297 Å². The number of nitrogens with zero attached hydrogens (tertiary/aromatic N) is 2. The summed E-state index contributed by atoms with van der Waals surface area (Å²) < 4.78 is 5.29. The minimum Gasteiger partial charge on any atom is -0.234 e. The Morgan fingerprint density at radius 2 is 0.608 bits per heavy atom. The lowest BCUT2D eigenvalue weighted by atomic mass is 10.0. The van der Waals surface area contributed by atoms with Crippen LogP contribution in [0.1, 0.15) is 283 Å². The molecule has 1 heterocycles. The summed E-state index contributed by atoms with van der Waals surface area (Å²) in [5.74, 6) is 1.63. The third-order valence-corrected chi connectivity index (χ3v) is 11.8. The van der Waals surface area contributed by atoms with Gasteiger partial charge >= 0.3 is 0 Å². The van der Waals surface area contributed by atoms with E-state index in [1.807, 2.05) is 0 Å². The predicted octanol–water partition coefficient (Wildman–Crippen LogP) is 17.0. The molecule has 0 spiro atoms. The van der Waals surface area contributed by atoms with Gasteiger partial charge in [0.2, 0.25) is 0 Å². The first-order valence-corrected chi connectivity index (χ1v) is 24.4. The summed E-state index contributed by atoms with van der Waals surface area (Å²) in [5, 5.41) is 0. The Morgan fingerprint density at radius 3 is 0.941 bits per heavy atom. The van der Waals surface area contributed by atoms with Crippen LogP contribution >= 0.6 is 0 Å². The molecule has 0 aliphatic heterocycles. The van der Waals surface area contributed by atoms with Crippen LogP contribution in [-0.2, 0) is 19.5 Å². The van der Waals surface area contributed by atoms with Gasteiger partial charge in [-0.05, 0) is 32.1 Å². The Labute approximate surface area is 323 Å². The summed E-state index contributed by atoms with van der Waals surface area (Å²) in [4.78, 5) is 0. The van der Waals surface area contributed by atoms with Crippen molar-refractivity contribution in [1.82, 2.24) is 4.57 Å². The van der Waals surface area contributed by atoms with Crippen molar-refractivity contribution in [2.75, 3.05) is 0 Å². The molecule has 0 bridgehead atoms. The molecule has 2 heteroatoms. The molecule has 0 saturated carbocycles. The Hall–Kier alpha value is -0.790. The molecule has 302 valence electrons. The molecular formula is C49H97N2+. The normalized spacial score (nSPS) is 11.7. The Bertz CT molecular complexity index is 781. The van der Waals surface area contributed by atoms with Gasteiger partial charge in [-0.15, -0.1) is 0 Å². The molecule has 51 heavy (non-hydrogen) atoms. The predicted molar refractivity (Wildman–Crippen MR) is 230 cm³/mol. The van der Waals surface area contributed by atoms with Crippen molar-refractivity contribution >= 4 is 0 Å². The average Bonchev–Trinajstić information content (AvgIpc) is 3.53. The minimum absolute atomic E-state index is 1.23. The van der Waals surface area contributed by atoms with E-state index in [4.69, 9.17) is 0 Å². The topological polar surface area (TPSA) is 8.81 Å². The highest BCUT2D eigenvalue weighted by Gasteiger charge is 2.16. The molecule has 0 fully saturated rings. The number of aryl methyl sites for hydroxylation is 2. The first-order chi connectivity index (χ1) is 25.3. The highest BCUT2D eigenvalue weighted by atomic mass is 15.1. The van der Waals surface area contributed by atoms with E-state index >= 15 is 0 Å². The summed E-state index contributed by atoms with van der Waals surface area (Å²) in [6.45, 7) is 9.41. The number of aromatic nitrogens is 2. The van der Waals surface area contributed by atoms with Crippen LogP contribution in [0.2, 0.25) is 0 Å². The molecule has 0 N–H and O–H groups in total. The molecule has 0 aromatic carbocycles. The zero-order valence-electron chi connectivity index (χ0n) is 36.0. The van der Waals surface area contributed by atoms with Gasteiger partial charge < -0.3 is 0 Å². The van der Waals surface area contributed by atoms with E-state index in [-0.39, 0.29) is 0 Å². The molecule has 0 aliphatic carbocycles. The molecular weight excluding hydrogens is 617 g/mol. The fourth-order valence-electron chi connectivity index (χ4n) is 8.27. The SMILES string of the molecule is CCCCCCCCCCCCCCCCCCCc1n(CCCCCCCC)cc[n+]1CCCCCCCCCCCCCCCCCCC. The fraction of sp³-hybridized carbons (Fsp3) is 0.939. The average molecular weight is 714 g/mol. The van der Waals surface area contributed by atoms with Crippen molar-refractivity contribution < 1.29 is 4.57 Å². The van der Waals surface area contributed by atoms with E-state index in [0.29, 0.717) is 0 Å². The zero-order chi connectivity index (χ0) is 36.6. The van der Waals surface area contributed by atoms with Crippen LogP contribution in [0.5, 0.6) is 0 Å². The van der Waals surface area contributed by atoms with Gasteiger partial charge in [-0.1, -0.05) is 245 Å². The summed E-state index contributed by atoms with van der Waals surface area (Å²) in [6.07, 6.45) is 63.8. The van der Waals surface area contributed by atoms with Crippen molar-refractivity contribution in [2.24, 2.45) is 0 Å². The molecule has 0 atom stereocenters. The summed E-state index contributed by atoms with van der Waals surface area (Å²) in [5.41, 5.74) is 0. The molecule has 0 aliphatic rings. The smallest absolute Gasteiger partial charge is 0.234 e. The lowest BCUT2D eigenvalue weighted by molar-refractivity contribution is -0.704. The van der Waals surface area contributed by atoms with E-state index < -0.39 is 0 Å². The second-order valence-electron chi connectivity index (χ2n) is 16.9. The first-order valence-electron chi connectivity index (χ1n) is 24.4. The molecule has 2 nitrogen and oxygen atoms in total. The number of imidazole rings is 1. The monoisotopic (exact) mass is 714 g/mol. The number of rotatable bonds is 43. The lowest BCUT2D eigenvalue weighted by Gasteiger charge is -2.07. The number of unbranched alkanes of at least 4 members (excludes halogenated alkanes) is 37. The maximum atomic E-state index is 2.65.